The number of fused-ring (bicyclic) bond motifs is 2. The molecule has 0 bridgehead atoms. The SMILES string of the molecule is CC.Cc1ccc2c(c1)[C@@]1(C[C@@H]1F)CN(CC(=O)Nc1ncccn1)C2=O.[HH]. The lowest BCUT2D eigenvalue weighted by Crippen LogP contribution is -2.47. The quantitative estimate of drug-likeness (QED) is 0.898. The minimum absolute atomic E-state index is 0. The van der Waals surface area contributed by atoms with Gasteiger partial charge in [-0.1, -0.05) is 31.5 Å². The molecule has 27 heavy (non-hydrogen) atoms. The summed E-state index contributed by atoms with van der Waals surface area (Å²) in [6.07, 6.45) is 2.43. The standard InChI is InChI=1S/C18H17FN4O2.C2H6.H2/c1-11-3-4-12-13(7-11)18(8-14(18)19)10-23(16(12)25)9-15(24)22-17-20-5-2-6-21-17;1-2;/h2-7,14H,8-10H2,1H3,(H,20,21,22,24);1-2H3;1H/t14-,18+;;/m0../s1. The van der Waals surface area contributed by atoms with Gasteiger partial charge in [0.25, 0.3) is 5.91 Å². The molecule has 2 atom stereocenters. The number of hydrogen-bond donors (Lipinski definition) is 1. The summed E-state index contributed by atoms with van der Waals surface area (Å²) in [6, 6.07) is 7.09. The smallest absolute Gasteiger partial charge is 0.254 e. The summed E-state index contributed by atoms with van der Waals surface area (Å²) < 4.78 is 14.2. The summed E-state index contributed by atoms with van der Waals surface area (Å²) in [5, 5.41) is 2.55. The Morgan fingerprint density at radius 2 is 2.04 bits per heavy atom. The zero-order valence-electron chi connectivity index (χ0n) is 15.7. The van der Waals surface area contributed by atoms with E-state index in [4.69, 9.17) is 0 Å². The molecule has 0 unspecified atom stereocenters. The number of nitrogens with one attached hydrogen (secondary N) is 1. The molecule has 2 heterocycles. The van der Waals surface area contributed by atoms with Gasteiger partial charge in [-0.15, -0.1) is 0 Å². The van der Waals surface area contributed by atoms with Crippen molar-refractivity contribution in [3.8, 4) is 0 Å². The van der Waals surface area contributed by atoms with Gasteiger partial charge in [0.05, 0.1) is 0 Å². The summed E-state index contributed by atoms with van der Waals surface area (Å²) in [4.78, 5) is 34.2. The zero-order valence-corrected chi connectivity index (χ0v) is 15.7. The van der Waals surface area contributed by atoms with Crippen LogP contribution in [0.3, 0.4) is 0 Å². The van der Waals surface area contributed by atoms with Gasteiger partial charge in [-0.25, -0.2) is 14.4 Å². The van der Waals surface area contributed by atoms with Crippen molar-refractivity contribution in [2.24, 2.45) is 0 Å². The Labute approximate surface area is 159 Å². The first-order chi connectivity index (χ1) is 13.0. The third-order valence-electron chi connectivity index (χ3n) is 4.84. The van der Waals surface area contributed by atoms with E-state index in [1.165, 1.54) is 17.3 Å². The van der Waals surface area contributed by atoms with E-state index in [-0.39, 0.29) is 26.4 Å². The molecule has 144 valence electrons. The maximum absolute atomic E-state index is 14.2. The monoisotopic (exact) mass is 372 g/mol. The zero-order chi connectivity index (χ0) is 19.6. The lowest BCUT2D eigenvalue weighted by Gasteiger charge is -2.34. The summed E-state index contributed by atoms with van der Waals surface area (Å²) in [5.41, 5.74) is 1.59. The van der Waals surface area contributed by atoms with Crippen LogP contribution in [0.2, 0.25) is 0 Å². The van der Waals surface area contributed by atoms with Crippen LogP contribution in [0, 0.1) is 6.92 Å². The number of aromatic nitrogens is 2. The fourth-order valence-corrected chi connectivity index (χ4v) is 3.46. The maximum atomic E-state index is 14.2. The summed E-state index contributed by atoms with van der Waals surface area (Å²) in [5.74, 6) is -0.470. The van der Waals surface area contributed by atoms with Gasteiger partial charge in [0.1, 0.15) is 12.7 Å². The summed E-state index contributed by atoms with van der Waals surface area (Å²) in [7, 11) is 0. The van der Waals surface area contributed by atoms with Gasteiger partial charge in [0.15, 0.2) is 0 Å². The molecule has 6 nitrogen and oxygen atoms in total. The predicted octanol–water partition coefficient (Wildman–Crippen LogP) is 3.13. The van der Waals surface area contributed by atoms with Crippen molar-refractivity contribution in [2.45, 2.75) is 38.8 Å². The molecule has 0 saturated heterocycles. The van der Waals surface area contributed by atoms with Crippen LogP contribution in [-0.2, 0) is 10.2 Å². The molecule has 0 radical (unpaired) electrons. The molecule has 1 N–H and O–H groups in total. The number of anilines is 1. The number of carbonyl (C=O) groups excluding carboxylic acids is 2. The number of amides is 2. The normalized spacial score (nSPS) is 22.6. The highest BCUT2D eigenvalue weighted by atomic mass is 19.1. The first kappa shape index (κ1) is 18.9. The molecule has 2 amide bonds. The van der Waals surface area contributed by atoms with Crippen LogP contribution in [0.5, 0.6) is 0 Å². The molecule has 1 saturated carbocycles. The Morgan fingerprint density at radius 1 is 1.37 bits per heavy atom. The summed E-state index contributed by atoms with van der Waals surface area (Å²) in [6.45, 7) is 5.99. The first-order valence-corrected chi connectivity index (χ1v) is 9.11. The second-order valence-electron chi connectivity index (χ2n) is 6.66. The van der Waals surface area contributed by atoms with E-state index < -0.39 is 17.5 Å². The number of nitrogens with zero attached hydrogens (tertiary/aromatic N) is 3. The fourth-order valence-electron chi connectivity index (χ4n) is 3.46. The average molecular weight is 372 g/mol. The molecule has 7 heteroatoms. The third kappa shape index (κ3) is 3.54. The minimum Gasteiger partial charge on any atom is -0.328 e. The van der Waals surface area contributed by atoms with Gasteiger partial charge < -0.3 is 4.90 Å². The van der Waals surface area contributed by atoms with E-state index in [9.17, 15) is 14.0 Å². The van der Waals surface area contributed by atoms with Crippen LogP contribution in [0.1, 0.15) is 43.2 Å². The molecule has 4 rings (SSSR count). The number of alkyl halides is 1. The van der Waals surface area contributed by atoms with Crippen molar-refractivity contribution in [3.63, 3.8) is 0 Å². The number of halogens is 1. The average Bonchev–Trinajstić information content (AvgIpc) is 3.32. The van der Waals surface area contributed by atoms with E-state index >= 15 is 0 Å². The fraction of sp³-hybridized carbons (Fsp3) is 0.400. The van der Waals surface area contributed by atoms with E-state index in [1.54, 1.807) is 12.1 Å². The topological polar surface area (TPSA) is 75.2 Å². The van der Waals surface area contributed by atoms with Crippen molar-refractivity contribution >= 4 is 17.8 Å². The van der Waals surface area contributed by atoms with Gasteiger partial charge in [0, 0.05) is 31.3 Å². The van der Waals surface area contributed by atoms with Crippen molar-refractivity contribution in [3.05, 3.63) is 53.3 Å². The molecule has 1 fully saturated rings. The van der Waals surface area contributed by atoms with Crippen molar-refractivity contribution in [1.29, 1.82) is 0 Å². The molecule has 1 aliphatic carbocycles. The third-order valence-corrected chi connectivity index (χ3v) is 4.84. The van der Waals surface area contributed by atoms with Crippen LogP contribution >= 0.6 is 0 Å². The predicted molar refractivity (Wildman–Crippen MR) is 102 cm³/mol. The van der Waals surface area contributed by atoms with Crippen molar-refractivity contribution < 1.29 is 15.4 Å². The minimum atomic E-state index is -0.982. The van der Waals surface area contributed by atoms with Crippen molar-refractivity contribution in [2.75, 3.05) is 18.4 Å². The van der Waals surface area contributed by atoms with Crippen LogP contribution in [-0.4, -0.2) is 45.9 Å². The number of aryl methyl sites for hydroxylation is 1. The van der Waals surface area contributed by atoms with Gasteiger partial charge in [0.2, 0.25) is 11.9 Å². The number of hydrogen-bond acceptors (Lipinski definition) is 4. The first-order valence-electron chi connectivity index (χ1n) is 9.11. The van der Waals surface area contributed by atoms with Gasteiger partial charge in [-0.05, 0) is 31.0 Å². The van der Waals surface area contributed by atoms with Gasteiger partial charge >= 0.3 is 0 Å². The highest BCUT2D eigenvalue weighted by molar-refractivity contribution is 6.01. The molecular formula is C20H25FN4O2. The molecule has 2 aliphatic rings. The van der Waals surface area contributed by atoms with Crippen LogP contribution in [0.25, 0.3) is 0 Å². The van der Waals surface area contributed by atoms with Crippen LogP contribution in [0.4, 0.5) is 10.3 Å². The molecule has 1 aromatic heterocycles. The van der Waals surface area contributed by atoms with Gasteiger partial charge in [-0.3, -0.25) is 14.9 Å². The lowest BCUT2D eigenvalue weighted by atomic mass is 9.85. The molecular weight excluding hydrogens is 347 g/mol. The summed E-state index contributed by atoms with van der Waals surface area (Å²) >= 11 is 0. The lowest BCUT2D eigenvalue weighted by molar-refractivity contribution is -0.117. The van der Waals surface area contributed by atoms with Gasteiger partial charge in [-0.2, -0.15) is 0 Å². The van der Waals surface area contributed by atoms with E-state index in [2.05, 4.69) is 15.3 Å². The van der Waals surface area contributed by atoms with E-state index in [0.717, 1.165) is 11.1 Å². The highest BCUT2D eigenvalue weighted by Gasteiger charge is 2.61. The largest absolute Gasteiger partial charge is 0.328 e. The Hall–Kier alpha value is -2.83. The Balaban J connectivity index is 0.000000906. The maximum Gasteiger partial charge on any atom is 0.254 e. The van der Waals surface area contributed by atoms with E-state index in [0.29, 0.717) is 12.0 Å². The number of benzene rings is 1. The van der Waals surface area contributed by atoms with E-state index in [1.807, 2.05) is 32.9 Å². The van der Waals surface area contributed by atoms with Crippen LogP contribution < -0.4 is 5.32 Å². The Bertz CT molecular complexity index is 865. The van der Waals surface area contributed by atoms with Crippen LogP contribution in [0.15, 0.2) is 36.7 Å². The van der Waals surface area contributed by atoms with Crippen molar-refractivity contribution in [1.82, 2.24) is 14.9 Å². The molecule has 1 aromatic carbocycles. The second kappa shape index (κ2) is 7.42. The number of carbonyl (C=O) groups is 2. The molecule has 1 aliphatic heterocycles. The molecule has 1 spiro atoms. The highest BCUT2D eigenvalue weighted by Crippen LogP contribution is 2.54. The Morgan fingerprint density at radius 3 is 2.67 bits per heavy atom. The second-order valence-corrected chi connectivity index (χ2v) is 6.66. The Kier molecular flexibility index (Phi) is 5.21. The molecule has 2 aromatic rings. The number of rotatable bonds is 3.